The van der Waals surface area contributed by atoms with Crippen molar-refractivity contribution in [2.75, 3.05) is 7.11 Å². The third-order valence-corrected chi connectivity index (χ3v) is 3.58. The third-order valence-electron chi connectivity index (χ3n) is 2.74. The van der Waals surface area contributed by atoms with E-state index in [1.54, 1.807) is 7.11 Å². The van der Waals surface area contributed by atoms with Crippen LogP contribution in [0.15, 0.2) is 18.2 Å². The number of benzene rings is 1. The number of rotatable bonds is 5. The summed E-state index contributed by atoms with van der Waals surface area (Å²) in [6.45, 7) is 7.74. The highest BCUT2D eigenvalue weighted by Gasteiger charge is 2.18. The van der Waals surface area contributed by atoms with Gasteiger partial charge in [-0.15, -0.1) is 0 Å². The molecule has 0 saturated carbocycles. The van der Waals surface area contributed by atoms with Crippen LogP contribution in [0, 0.1) is 9.49 Å². The number of hydrogen-bond acceptors (Lipinski definition) is 3. The maximum Gasteiger partial charge on any atom is 0.306 e. The molecule has 0 N–H and O–H groups in total. The maximum absolute atomic E-state index is 11.8. The van der Waals surface area contributed by atoms with Crippen molar-refractivity contribution in [3.8, 4) is 5.75 Å². The quantitative estimate of drug-likeness (QED) is 0.558. The van der Waals surface area contributed by atoms with Gasteiger partial charge in [0.1, 0.15) is 11.4 Å². The van der Waals surface area contributed by atoms with Crippen molar-refractivity contribution in [3.63, 3.8) is 0 Å². The number of esters is 1. The first-order valence-electron chi connectivity index (χ1n) is 6.75. The smallest absolute Gasteiger partial charge is 0.306 e. The van der Waals surface area contributed by atoms with Gasteiger partial charge in [-0.2, -0.15) is 0 Å². The summed E-state index contributed by atoms with van der Waals surface area (Å²) in [5.41, 5.74) is 0.804. The fourth-order valence-corrected chi connectivity index (χ4v) is 2.78. The average molecular weight is 390 g/mol. The first-order valence-corrected chi connectivity index (χ1v) is 7.83. The molecule has 20 heavy (non-hydrogen) atoms. The summed E-state index contributed by atoms with van der Waals surface area (Å²) in [7, 11) is 1.67. The Hall–Kier alpha value is -0.780. The first kappa shape index (κ1) is 17.3. The van der Waals surface area contributed by atoms with E-state index in [0.717, 1.165) is 15.7 Å². The van der Waals surface area contributed by atoms with Crippen molar-refractivity contribution in [3.05, 3.63) is 27.3 Å². The molecule has 1 aromatic rings. The largest absolute Gasteiger partial charge is 0.496 e. The molecule has 4 heteroatoms. The molecule has 0 spiro atoms. The van der Waals surface area contributed by atoms with Gasteiger partial charge in [-0.1, -0.05) is 13.0 Å². The van der Waals surface area contributed by atoms with Gasteiger partial charge in [0.15, 0.2) is 0 Å². The maximum atomic E-state index is 11.8. The Kier molecular flexibility index (Phi) is 6.30. The van der Waals surface area contributed by atoms with Gasteiger partial charge in [0.25, 0.3) is 0 Å². The lowest BCUT2D eigenvalue weighted by Crippen LogP contribution is -2.25. The van der Waals surface area contributed by atoms with Gasteiger partial charge in [0.05, 0.1) is 10.7 Å². The van der Waals surface area contributed by atoms with Crippen LogP contribution in [0.1, 0.15) is 39.7 Å². The van der Waals surface area contributed by atoms with Crippen molar-refractivity contribution >= 4 is 28.6 Å². The first-order chi connectivity index (χ1) is 9.21. The number of methoxy groups -OCH3 is 1. The van der Waals surface area contributed by atoms with Gasteiger partial charge < -0.3 is 9.47 Å². The number of hydrogen-bond donors (Lipinski definition) is 0. The van der Waals surface area contributed by atoms with Crippen LogP contribution in [0.25, 0.3) is 0 Å². The Labute approximate surface area is 135 Å². The van der Waals surface area contributed by atoms with Gasteiger partial charge in [0, 0.05) is 6.42 Å². The molecule has 0 aromatic heterocycles. The van der Waals surface area contributed by atoms with Crippen molar-refractivity contribution < 1.29 is 14.3 Å². The molecule has 0 radical (unpaired) electrons. The van der Waals surface area contributed by atoms with Gasteiger partial charge in [-0.3, -0.25) is 4.79 Å². The van der Waals surface area contributed by atoms with Crippen LogP contribution in [-0.2, 0) is 16.0 Å². The zero-order chi connectivity index (χ0) is 15.3. The van der Waals surface area contributed by atoms with Gasteiger partial charge >= 0.3 is 5.97 Å². The van der Waals surface area contributed by atoms with Gasteiger partial charge in [-0.25, -0.2) is 0 Å². The van der Waals surface area contributed by atoms with Crippen LogP contribution in [0.5, 0.6) is 5.75 Å². The number of ether oxygens (including phenoxy) is 2. The van der Waals surface area contributed by atoms with Gasteiger partial charge in [-0.05, 0) is 73.4 Å². The minimum absolute atomic E-state index is 0.131. The lowest BCUT2D eigenvalue weighted by Gasteiger charge is -2.21. The molecule has 0 fully saturated rings. The summed E-state index contributed by atoms with van der Waals surface area (Å²) >= 11 is 2.26. The molecule has 112 valence electrons. The standard InChI is InChI=1S/C16H23IO3/c1-11(9-15(18)20-16(2,3)4)8-12-6-7-14(19-5)13(17)10-12/h6-7,10-11H,8-9H2,1-5H3/t11-/m1/s1. The van der Waals surface area contributed by atoms with E-state index in [1.807, 2.05) is 32.9 Å². The van der Waals surface area contributed by atoms with E-state index in [0.29, 0.717) is 6.42 Å². The number of halogens is 1. The van der Waals surface area contributed by atoms with E-state index in [9.17, 15) is 4.79 Å². The summed E-state index contributed by atoms with van der Waals surface area (Å²) in [4.78, 5) is 11.8. The summed E-state index contributed by atoms with van der Waals surface area (Å²) < 4.78 is 11.7. The molecule has 3 nitrogen and oxygen atoms in total. The SMILES string of the molecule is COc1ccc(C[C@@H](C)CC(=O)OC(C)(C)C)cc1I. The van der Waals surface area contributed by atoms with Crippen LogP contribution in [0.2, 0.25) is 0 Å². The monoisotopic (exact) mass is 390 g/mol. The van der Waals surface area contributed by atoms with Crippen molar-refractivity contribution in [2.24, 2.45) is 5.92 Å². The number of carbonyl (C=O) groups excluding carboxylic acids is 1. The summed E-state index contributed by atoms with van der Waals surface area (Å²) in [6, 6.07) is 6.12. The summed E-state index contributed by atoms with van der Waals surface area (Å²) in [5, 5.41) is 0. The van der Waals surface area contributed by atoms with E-state index >= 15 is 0 Å². The van der Waals surface area contributed by atoms with Gasteiger partial charge in [0.2, 0.25) is 0 Å². The van der Waals surface area contributed by atoms with Crippen molar-refractivity contribution in [2.45, 2.75) is 46.1 Å². The molecular formula is C16H23IO3. The fourth-order valence-electron chi connectivity index (χ4n) is 1.98. The Balaban J connectivity index is 2.56. The Morgan fingerprint density at radius 2 is 2.00 bits per heavy atom. The van der Waals surface area contributed by atoms with E-state index in [1.165, 1.54) is 5.56 Å². The minimum Gasteiger partial charge on any atom is -0.496 e. The van der Waals surface area contributed by atoms with E-state index in [4.69, 9.17) is 9.47 Å². The predicted octanol–water partition coefficient (Wildman–Crippen LogP) is 4.21. The molecule has 0 aliphatic heterocycles. The molecule has 1 rings (SSSR count). The molecule has 0 aliphatic carbocycles. The predicted molar refractivity (Wildman–Crippen MR) is 89.0 cm³/mol. The zero-order valence-electron chi connectivity index (χ0n) is 12.8. The molecule has 0 unspecified atom stereocenters. The van der Waals surface area contributed by atoms with E-state index in [2.05, 4.69) is 35.6 Å². The van der Waals surface area contributed by atoms with Crippen LogP contribution < -0.4 is 4.74 Å². The fraction of sp³-hybridized carbons (Fsp3) is 0.562. The molecule has 1 aromatic carbocycles. The molecular weight excluding hydrogens is 367 g/mol. The topological polar surface area (TPSA) is 35.5 Å². The van der Waals surface area contributed by atoms with Crippen molar-refractivity contribution in [1.29, 1.82) is 0 Å². The van der Waals surface area contributed by atoms with Crippen LogP contribution >= 0.6 is 22.6 Å². The summed E-state index contributed by atoms with van der Waals surface area (Å²) in [6.07, 6.45) is 1.30. The summed E-state index contributed by atoms with van der Waals surface area (Å²) in [5.74, 6) is 1.01. The second-order valence-electron chi connectivity index (χ2n) is 6.07. The highest BCUT2D eigenvalue weighted by atomic mass is 127. The molecule has 0 saturated heterocycles. The van der Waals surface area contributed by atoms with E-state index < -0.39 is 5.60 Å². The third kappa shape index (κ3) is 6.11. The van der Waals surface area contributed by atoms with E-state index in [-0.39, 0.29) is 11.9 Å². The molecule has 0 amide bonds. The molecule has 0 aliphatic rings. The normalized spacial score (nSPS) is 12.9. The highest BCUT2D eigenvalue weighted by molar-refractivity contribution is 14.1. The Morgan fingerprint density at radius 1 is 1.35 bits per heavy atom. The number of carbonyl (C=O) groups is 1. The molecule has 0 heterocycles. The Morgan fingerprint density at radius 3 is 2.50 bits per heavy atom. The zero-order valence-corrected chi connectivity index (χ0v) is 15.0. The highest BCUT2D eigenvalue weighted by Crippen LogP contribution is 2.24. The minimum atomic E-state index is -0.410. The second-order valence-corrected chi connectivity index (χ2v) is 7.23. The molecule has 1 atom stereocenters. The average Bonchev–Trinajstić information content (AvgIpc) is 2.25. The van der Waals surface area contributed by atoms with Crippen molar-refractivity contribution in [1.82, 2.24) is 0 Å². The van der Waals surface area contributed by atoms with Crippen LogP contribution in [0.4, 0.5) is 0 Å². The molecule has 0 bridgehead atoms. The van der Waals surface area contributed by atoms with Crippen LogP contribution in [-0.4, -0.2) is 18.7 Å². The van der Waals surface area contributed by atoms with Crippen LogP contribution in [0.3, 0.4) is 0 Å². The second kappa shape index (κ2) is 7.29. The Bertz CT molecular complexity index is 463. The lowest BCUT2D eigenvalue weighted by atomic mass is 9.98. The lowest BCUT2D eigenvalue weighted by molar-refractivity contribution is -0.155.